The van der Waals surface area contributed by atoms with E-state index in [2.05, 4.69) is 5.32 Å². The van der Waals surface area contributed by atoms with Crippen LogP contribution in [0.5, 0.6) is 11.5 Å². The van der Waals surface area contributed by atoms with Crippen molar-refractivity contribution in [3.63, 3.8) is 0 Å². The van der Waals surface area contributed by atoms with Crippen LogP contribution in [0.4, 0.5) is 5.69 Å². The third kappa shape index (κ3) is 4.49. The minimum atomic E-state index is -0.531. The molecule has 31 heavy (non-hydrogen) atoms. The van der Waals surface area contributed by atoms with Gasteiger partial charge in [-0.1, -0.05) is 30.5 Å². The topological polar surface area (TPSA) is 67.9 Å². The summed E-state index contributed by atoms with van der Waals surface area (Å²) in [6, 6.07) is 11.7. The number of benzene rings is 2. The first-order valence-electron chi connectivity index (χ1n) is 10.6. The number of fused-ring (bicyclic) bond motifs is 1. The van der Waals surface area contributed by atoms with E-state index in [-0.39, 0.29) is 17.9 Å². The Hall–Kier alpha value is -2.73. The number of carbonyl (C=O) groups excluding carboxylic acids is 2. The van der Waals surface area contributed by atoms with Gasteiger partial charge in [-0.15, -0.1) is 0 Å². The predicted molar refractivity (Wildman–Crippen MR) is 120 cm³/mol. The van der Waals surface area contributed by atoms with E-state index in [9.17, 15) is 9.59 Å². The largest absolute Gasteiger partial charge is 0.497 e. The first-order chi connectivity index (χ1) is 15.0. The summed E-state index contributed by atoms with van der Waals surface area (Å²) in [5.41, 5.74) is 1.09. The van der Waals surface area contributed by atoms with Crippen molar-refractivity contribution >= 4 is 29.1 Å². The van der Waals surface area contributed by atoms with Crippen molar-refractivity contribution in [1.82, 2.24) is 4.90 Å². The summed E-state index contributed by atoms with van der Waals surface area (Å²) in [5.74, 6) is 1.18. The Balaban J connectivity index is 1.62. The van der Waals surface area contributed by atoms with Gasteiger partial charge in [-0.25, -0.2) is 0 Å². The van der Waals surface area contributed by atoms with Gasteiger partial charge < -0.3 is 19.7 Å². The van der Waals surface area contributed by atoms with Crippen molar-refractivity contribution in [2.75, 3.05) is 19.5 Å². The van der Waals surface area contributed by atoms with Crippen molar-refractivity contribution in [3.8, 4) is 11.5 Å². The van der Waals surface area contributed by atoms with Crippen LogP contribution in [0.3, 0.4) is 0 Å². The number of hydrogen-bond acceptors (Lipinski definition) is 4. The van der Waals surface area contributed by atoms with Crippen LogP contribution in [0.1, 0.15) is 42.5 Å². The van der Waals surface area contributed by atoms with Crippen LogP contribution in [-0.4, -0.2) is 43.0 Å². The molecular weight excluding hydrogens is 416 g/mol. The highest BCUT2D eigenvalue weighted by atomic mass is 35.5. The Labute approximate surface area is 187 Å². The van der Waals surface area contributed by atoms with Crippen LogP contribution in [0.15, 0.2) is 42.5 Å². The van der Waals surface area contributed by atoms with E-state index >= 15 is 0 Å². The summed E-state index contributed by atoms with van der Waals surface area (Å²) >= 11 is 6.12. The zero-order valence-electron chi connectivity index (χ0n) is 17.8. The number of rotatable bonds is 5. The van der Waals surface area contributed by atoms with E-state index in [1.54, 1.807) is 61.6 Å². The smallest absolute Gasteiger partial charge is 0.254 e. The van der Waals surface area contributed by atoms with Crippen molar-refractivity contribution in [1.29, 1.82) is 0 Å². The molecule has 4 rings (SSSR count). The van der Waals surface area contributed by atoms with Crippen molar-refractivity contribution < 1.29 is 19.1 Å². The van der Waals surface area contributed by atoms with E-state index in [0.29, 0.717) is 40.1 Å². The maximum Gasteiger partial charge on any atom is 0.254 e. The highest BCUT2D eigenvalue weighted by molar-refractivity contribution is 6.31. The number of ether oxygens (including phenoxy) is 2. The van der Waals surface area contributed by atoms with Crippen LogP contribution in [0.25, 0.3) is 0 Å². The van der Waals surface area contributed by atoms with Gasteiger partial charge in [0.2, 0.25) is 5.91 Å². The number of hydrogen-bond donors (Lipinski definition) is 1. The Bertz CT molecular complexity index is 958. The monoisotopic (exact) mass is 442 g/mol. The normalized spacial score (nSPS) is 22.5. The third-order valence-corrected chi connectivity index (χ3v) is 6.55. The lowest BCUT2D eigenvalue weighted by Gasteiger charge is -2.33. The number of nitrogens with zero attached hydrogens (tertiary/aromatic N) is 1. The third-order valence-electron chi connectivity index (χ3n) is 6.32. The summed E-state index contributed by atoms with van der Waals surface area (Å²) in [7, 11) is 3.13. The Morgan fingerprint density at radius 2 is 1.74 bits per heavy atom. The molecule has 2 fully saturated rings. The van der Waals surface area contributed by atoms with Crippen LogP contribution in [0, 0.1) is 5.92 Å². The molecule has 3 atom stereocenters. The average molecular weight is 443 g/mol. The van der Waals surface area contributed by atoms with Crippen LogP contribution < -0.4 is 14.8 Å². The average Bonchev–Trinajstić information content (AvgIpc) is 3.18. The Kier molecular flexibility index (Phi) is 6.37. The van der Waals surface area contributed by atoms with Gasteiger partial charge in [0.05, 0.1) is 14.2 Å². The standard InChI is InChI=1S/C24H27ClN2O4/c1-30-19-12-18(13-20(14-19)31-2)26-23(28)22-11-15-6-3-4-9-21(15)27(22)24(29)16-7-5-8-17(25)10-16/h5,7-8,10,12-15,21-22H,3-4,6,9,11H2,1-2H3,(H,26,28). The van der Waals surface area contributed by atoms with Gasteiger partial charge in [0.25, 0.3) is 5.91 Å². The minimum absolute atomic E-state index is 0.0795. The second-order valence-electron chi connectivity index (χ2n) is 8.18. The number of anilines is 1. The fraction of sp³-hybridized carbons (Fsp3) is 0.417. The minimum Gasteiger partial charge on any atom is -0.497 e. The fourth-order valence-corrected chi connectivity index (χ4v) is 5.05. The van der Waals surface area contributed by atoms with Gasteiger partial charge in [-0.2, -0.15) is 0 Å². The molecule has 1 heterocycles. The van der Waals surface area contributed by atoms with Crippen LogP contribution >= 0.6 is 11.6 Å². The lowest BCUT2D eigenvalue weighted by Crippen LogP contribution is -2.47. The van der Waals surface area contributed by atoms with Crippen LogP contribution in [0.2, 0.25) is 5.02 Å². The molecule has 2 aromatic rings. The molecule has 1 saturated carbocycles. The van der Waals surface area contributed by atoms with Crippen molar-refractivity contribution in [2.45, 2.75) is 44.2 Å². The van der Waals surface area contributed by atoms with Crippen molar-refractivity contribution in [3.05, 3.63) is 53.1 Å². The summed E-state index contributed by atoms with van der Waals surface area (Å²) < 4.78 is 10.6. The summed E-state index contributed by atoms with van der Waals surface area (Å²) in [5, 5.41) is 3.48. The lowest BCUT2D eigenvalue weighted by molar-refractivity contribution is -0.120. The zero-order chi connectivity index (χ0) is 22.0. The molecule has 0 radical (unpaired) electrons. The Morgan fingerprint density at radius 1 is 1.03 bits per heavy atom. The molecule has 7 heteroatoms. The van der Waals surface area contributed by atoms with Crippen LogP contribution in [-0.2, 0) is 4.79 Å². The molecule has 2 aromatic carbocycles. The highest BCUT2D eigenvalue weighted by Gasteiger charge is 2.47. The molecule has 1 saturated heterocycles. The Morgan fingerprint density at radius 3 is 2.42 bits per heavy atom. The number of nitrogens with one attached hydrogen (secondary N) is 1. The maximum atomic E-state index is 13.5. The molecule has 1 aliphatic carbocycles. The van der Waals surface area contributed by atoms with E-state index in [1.807, 2.05) is 0 Å². The number of carbonyl (C=O) groups is 2. The molecule has 1 N–H and O–H groups in total. The first-order valence-corrected chi connectivity index (χ1v) is 11.0. The molecule has 164 valence electrons. The SMILES string of the molecule is COc1cc(NC(=O)C2CC3CCCCC3N2C(=O)c2cccc(Cl)c2)cc(OC)c1. The molecule has 6 nitrogen and oxygen atoms in total. The number of likely N-dealkylation sites (tertiary alicyclic amines) is 1. The van der Waals surface area contributed by atoms with E-state index in [1.165, 1.54) is 0 Å². The quantitative estimate of drug-likeness (QED) is 0.724. The van der Waals surface area contributed by atoms with E-state index in [0.717, 1.165) is 25.7 Å². The predicted octanol–water partition coefficient (Wildman–Crippen LogP) is 4.77. The zero-order valence-corrected chi connectivity index (χ0v) is 18.5. The second-order valence-corrected chi connectivity index (χ2v) is 8.61. The molecule has 2 amide bonds. The fourth-order valence-electron chi connectivity index (χ4n) is 4.86. The number of halogens is 1. The first kappa shape index (κ1) is 21.5. The number of methoxy groups -OCH3 is 2. The summed E-state index contributed by atoms with van der Waals surface area (Å²) in [6.07, 6.45) is 4.85. The maximum absolute atomic E-state index is 13.5. The van der Waals surface area contributed by atoms with E-state index in [4.69, 9.17) is 21.1 Å². The van der Waals surface area contributed by atoms with Crippen molar-refractivity contribution in [2.24, 2.45) is 5.92 Å². The molecule has 3 unspecified atom stereocenters. The summed E-state index contributed by atoms with van der Waals surface area (Å²) in [4.78, 5) is 28.6. The van der Waals surface area contributed by atoms with Gasteiger partial charge in [0.1, 0.15) is 17.5 Å². The lowest BCUT2D eigenvalue weighted by atomic mass is 9.84. The highest BCUT2D eigenvalue weighted by Crippen LogP contribution is 2.41. The van der Waals surface area contributed by atoms with E-state index < -0.39 is 6.04 Å². The molecular formula is C24H27ClN2O4. The molecule has 0 spiro atoms. The van der Waals surface area contributed by atoms with Gasteiger partial charge in [-0.05, 0) is 43.4 Å². The number of amides is 2. The summed E-state index contributed by atoms with van der Waals surface area (Å²) in [6.45, 7) is 0. The molecule has 1 aliphatic heterocycles. The second kappa shape index (κ2) is 9.18. The van der Waals surface area contributed by atoms with Gasteiger partial charge in [0.15, 0.2) is 0 Å². The molecule has 0 aromatic heterocycles. The van der Waals surface area contributed by atoms with Gasteiger partial charge >= 0.3 is 0 Å². The van der Waals surface area contributed by atoms with Gasteiger partial charge in [-0.3, -0.25) is 9.59 Å². The van der Waals surface area contributed by atoms with Gasteiger partial charge in [0, 0.05) is 40.5 Å². The molecule has 0 bridgehead atoms. The molecule has 2 aliphatic rings.